The number of ether oxygens (including phenoxy) is 1. The smallest absolute Gasteiger partial charge is 0.339 e. The average molecular weight is 402 g/mol. The maximum absolute atomic E-state index is 12.5. The van der Waals surface area contributed by atoms with Crippen molar-refractivity contribution < 1.29 is 27.5 Å². The Labute approximate surface area is 162 Å². The molecule has 1 heterocycles. The van der Waals surface area contributed by atoms with Crippen molar-refractivity contribution in [3.8, 4) is 0 Å². The van der Waals surface area contributed by atoms with Crippen LogP contribution in [0.2, 0.25) is 0 Å². The molecule has 1 aliphatic heterocycles. The third-order valence-corrected chi connectivity index (χ3v) is 6.17. The molecule has 146 valence electrons. The number of nitrogens with one attached hydrogen (secondary N) is 1. The number of carbonyl (C=O) groups is 3. The third kappa shape index (κ3) is 3.61. The largest absolute Gasteiger partial charge is 0.465 e. The molecule has 1 N–H and O–H groups in total. The normalized spacial score (nSPS) is 18.0. The van der Waals surface area contributed by atoms with Crippen LogP contribution in [0.3, 0.4) is 0 Å². The number of anilines is 2. The summed E-state index contributed by atoms with van der Waals surface area (Å²) in [5.41, 5.74) is 0.911. The van der Waals surface area contributed by atoms with Gasteiger partial charge in [0.2, 0.25) is 15.9 Å². The molecule has 2 aromatic rings. The summed E-state index contributed by atoms with van der Waals surface area (Å²) in [5.74, 6) is -2.42. The number of methoxy groups -OCH3 is 1. The number of hydrogen-bond acceptors (Lipinski definition) is 6. The molecule has 1 aliphatic rings. The van der Waals surface area contributed by atoms with Crippen LogP contribution in [0.4, 0.5) is 11.4 Å². The van der Waals surface area contributed by atoms with Crippen LogP contribution < -0.4 is 9.62 Å². The van der Waals surface area contributed by atoms with Crippen molar-refractivity contribution in [1.29, 1.82) is 0 Å². The van der Waals surface area contributed by atoms with E-state index in [-0.39, 0.29) is 28.3 Å². The quantitative estimate of drug-likeness (QED) is 0.784. The maximum Gasteiger partial charge on any atom is 0.339 e. The molecule has 1 fully saturated rings. The van der Waals surface area contributed by atoms with Gasteiger partial charge in [-0.15, -0.1) is 0 Å². The van der Waals surface area contributed by atoms with Gasteiger partial charge in [0, 0.05) is 5.56 Å². The molecule has 0 spiro atoms. The zero-order valence-corrected chi connectivity index (χ0v) is 16.0. The molecule has 1 unspecified atom stereocenters. The molecule has 9 heteroatoms. The second-order valence-electron chi connectivity index (χ2n) is 6.32. The Balaban J connectivity index is 1.82. The Morgan fingerprint density at radius 2 is 1.75 bits per heavy atom. The van der Waals surface area contributed by atoms with Crippen LogP contribution in [-0.4, -0.2) is 39.1 Å². The first kappa shape index (κ1) is 19.6. The second-order valence-corrected chi connectivity index (χ2v) is 8.18. The summed E-state index contributed by atoms with van der Waals surface area (Å²) in [6.45, 7) is 1.56. The van der Waals surface area contributed by atoms with E-state index in [2.05, 4.69) is 5.32 Å². The van der Waals surface area contributed by atoms with Crippen LogP contribution in [0.25, 0.3) is 0 Å². The van der Waals surface area contributed by atoms with Gasteiger partial charge in [0.05, 0.1) is 35.7 Å². The molecular weight excluding hydrogens is 384 g/mol. The standard InChI is InChI=1S/C19H18N2O6S/c1-12-11-28(25,26)21(18(12)23)14-9-7-13(8-10-14)17(22)20-16-6-4-3-5-15(16)19(24)27-2/h3-10,12H,11H2,1-2H3,(H,20,22). The number of benzene rings is 2. The number of sulfonamides is 1. The fraction of sp³-hybridized carbons (Fsp3) is 0.211. The highest BCUT2D eigenvalue weighted by Crippen LogP contribution is 2.28. The first-order chi connectivity index (χ1) is 13.2. The summed E-state index contributed by atoms with van der Waals surface area (Å²) in [5, 5.41) is 2.62. The van der Waals surface area contributed by atoms with Crippen LogP contribution in [0.1, 0.15) is 27.6 Å². The fourth-order valence-corrected chi connectivity index (χ4v) is 4.73. The highest BCUT2D eigenvalue weighted by molar-refractivity contribution is 7.94. The summed E-state index contributed by atoms with van der Waals surface area (Å²) in [7, 11) is -2.46. The minimum atomic E-state index is -3.71. The maximum atomic E-state index is 12.5. The van der Waals surface area contributed by atoms with E-state index in [1.54, 1.807) is 25.1 Å². The van der Waals surface area contributed by atoms with E-state index in [1.165, 1.54) is 37.4 Å². The van der Waals surface area contributed by atoms with Gasteiger partial charge >= 0.3 is 5.97 Å². The van der Waals surface area contributed by atoms with E-state index in [1.807, 2.05) is 0 Å². The lowest BCUT2D eigenvalue weighted by atomic mass is 10.1. The number of amides is 2. The minimum Gasteiger partial charge on any atom is -0.465 e. The van der Waals surface area contributed by atoms with Crippen LogP contribution in [-0.2, 0) is 19.6 Å². The topological polar surface area (TPSA) is 110 Å². The molecule has 28 heavy (non-hydrogen) atoms. The number of hydrogen-bond donors (Lipinski definition) is 1. The molecule has 2 aromatic carbocycles. The molecule has 2 amide bonds. The van der Waals surface area contributed by atoms with Crippen molar-refractivity contribution in [2.75, 3.05) is 22.5 Å². The van der Waals surface area contributed by atoms with E-state index in [0.717, 1.165) is 4.31 Å². The Morgan fingerprint density at radius 1 is 1.11 bits per heavy atom. The van der Waals surface area contributed by atoms with E-state index in [0.29, 0.717) is 0 Å². The lowest BCUT2D eigenvalue weighted by molar-refractivity contribution is -0.119. The number of carbonyl (C=O) groups excluding carboxylic acids is 3. The monoisotopic (exact) mass is 402 g/mol. The van der Waals surface area contributed by atoms with Crippen molar-refractivity contribution in [1.82, 2.24) is 0 Å². The zero-order chi connectivity index (χ0) is 20.5. The summed E-state index contributed by atoms with van der Waals surface area (Å²) in [6.07, 6.45) is 0. The van der Waals surface area contributed by atoms with Gasteiger partial charge in [0.15, 0.2) is 0 Å². The van der Waals surface area contributed by atoms with Gasteiger partial charge in [0.1, 0.15) is 0 Å². The Morgan fingerprint density at radius 3 is 2.32 bits per heavy atom. The van der Waals surface area contributed by atoms with Crippen molar-refractivity contribution in [2.45, 2.75) is 6.92 Å². The lowest BCUT2D eigenvalue weighted by Crippen LogP contribution is -2.30. The van der Waals surface area contributed by atoms with Crippen molar-refractivity contribution in [2.24, 2.45) is 5.92 Å². The fourth-order valence-electron chi connectivity index (χ4n) is 2.91. The lowest BCUT2D eigenvalue weighted by Gasteiger charge is -2.15. The second kappa shape index (κ2) is 7.43. The summed E-state index contributed by atoms with van der Waals surface area (Å²) >= 11 is 0. The average Bonchev–Trinajstić information content (AvgIpc) is 2.88. The number of para-hydroxylation sites is 1. The van der Waals surface area contributed by atoms with Crippen LogP contribution in [0.15, 0.2) is 48.5 Å². The Bertz CT molecular complexity index is 1050. The molecule has 1 atom stereocenters. The molecule has 0 aliphatic carbocycles. The molecule has 8 nitrogen and oxygen atoms in total. The van der Waals surface area contributed by atoms with Crippen LogP contribution in [0.5, 0.6) is 0 Å². The van der Waals surface area contributed by atoms with Gasteiger partial charge in [0.25, 0.3) is 5.91 Å². The van der Waals surface area contributed by atoms with Gasteiger partial charge in [-0.1, -0.05) is 19.1 Å². The summed E-state index contributed by atoms with van der Waals surface area (Å²) < 4.78 is 29.8. The first-order valence-electron chi connectivity index (χ1n) is 8.40. The summed E-state index contributed by atoms with van der Waals surface area (Å²) in [6, 6.07) is 12.0. The molecule has 0 aromatic heterocycles. The van der Waals surface area contributed by atoms with Crippen LogP contribution in [0, 0.1) is 5.92 Å². The Kier molecular flexibility index (Phi) is 5.19. The molecule has 1 saturated heterocycles. The SMILES string of the molecule is COC(=O)c1ccccc1NC(=O)c1ccc(N2C(=O)C(C)CS2(=O)=O)cc1. The minimum absolute atomic E-state index is 0.181. The van der Waals surface area contributed by atoms with Gasteiger partial charge < -0.3 is 10.1 Å². The third-order valence-electron chi connectivity index (χ3n) is 4.31. The van der Waals surface area contributed by atoms with Gasteiger partial charge in [-0.05, 0) is 36.4 Å². The summed E-state index contributed by atoms with van der Waals surface area (Å²) in [4.78, 5) is 36.4. The molecule has 3 rings (SSSR count). The molecule has 0 saturated carbocycles. The molecule has 0 bridgehead atoms. The number of esters is 1. The van der Waals surface area contributed by atoms with Crippen molar-refractivity contribution in [3.63, 3.8) is 0 Å². The highest BCUT2D eigenvalue weighted by atomic mass is 32.2. The Hall–Kier alpha value is -3.20. The zero-order valence-electron chi connectivity index (χ0n) is 15.2. The van der Waals surface area contributed by atoms with E-state index >= 15 is 0 Å². The van der Waals surface area contributed by atoms with E-state index in [9.17, 15) is 22.8 Å². The van der Waals surface area contributed by atoms with Gasteiger partial charge in [-0.2, -0.15) is 0 Å². The van der Waals surface area contributed by atoms with Crippen molar-refractivity contribution in [3.05, 3.63) is 59.7 Å². The molecule has 0 radical (unpaired) electrons. The highest BCUT2D eigenvalue weighted by Gasteiger charge is 2.41. The van der Waals surface area contributed by atoms with Gasteiger partial charge in [-0.25, -0.2) is 17.5 Å². The number of rotatable bonds is 4. The number of nitrogens with zero attached hydrogens (tertiary/aromatic N) is 1. The molecular formula is C19H18N2O6S. The van der Waals surface area contributed by atoms with Crippen LogP contribution >= 0.6 is 0 Å². The van der Waals surface area contributed by atoms with E-state index in [4.69, 9.17) is 4.74 Å². The van der Waals surface area contributed by atoms with Crippen molar-refractivity contribution >= 4 is 39.2 Å². The first-order valence-corrected chi connectivity index (χ1v) is 10.0. The van der Waals surface area contributed by atoms with E-state index < -0.39 is 33.7 Å². The van der Waals surface area contributed by atoms with Gasteiger partial charge in [-0.3, -0.25) is 9.59 Å². The predicted molar refractivity (Wildman–Crippen MR) is 103 cm³/mol. The predicted octanol–water partition coefficient (Wildman–Crippen LogP) is 2.04.